The lowest BCUT2D eigenvalue weighted by molar-refractivity contribution is -0.129. The van der Waals surface area contributed by atoms with E-state index in [2.05, 4.69) is 64.1 Å². The van der Waals surface area contributed by atoms with Crippen molar-refractivity contribution >= 4 is 17.5 Å². The summed E-state index contributed by atoms with van der Waals surface area (Å²) in [5.41, 5.74) is 6.10. The van der Waals surface area contributed by atoms with E-state index in [0.29, 0.717) is 26.1 Å². The van der Waals surface area contributed by atoms with Gasteiger partial charge in [0.15, 0.2) is 0 Å². The first-order valence-corrected chi connectivity index (χ1v) is 13.6. The van der Waals surface area contributed by atoms with Crippen LogP contribution in [-0.4, -0.2) is 42.9 Å². The van der Waals surface area contributed by atoms with Crippen LogP contribution in [0.25, 0.3) is 0 Å². The molecular weight excluding hydrogens is 458 g/mol. The lowest BCUT2D eigenvalue weighted by atomic mass is 9.87. The van der Waals surface area contributed by atoms with E-state index in [1.54, 1.807) is 0 Å². The second-order valence-electron chi connectivity index (χ2n) is 10.5. The largest absolute Gasteiger partial charge is 0.355 e. The second kappa shape index (κ2) is 12.2. The summed E-state index contributed by atoms with van der Waals surface area (Å²) in [6.07, 6.45) is 5.69. The molecule has 192 valence electrons. The molecule has 1 aliphatic heterocycles. The summed E-state index contributed by atoms with van der Waals surface area (Å²) < 4.78 is 0. The Morgan fingerprint density at radius 3 is 2.14 bits per heavy atom. The molecular formula is C32H37N3O2. The zero-order chi connectivity index (χ0) is 25.5. The summed E-state index contributed by atoms with van der Waals surface area (Å²) in [6, 6.07) is 26.9. The number of nitrogens with one attached hydrogen (secondary N) is 2. The van der Waals surface area contributed by atoms with Crippen LogP contribution in [0.15, 0.2) is 78.9 Å². The average Bonchev–Trinajstić information content (AvgIpc) is 3.41. The summed E-state index contributed by atoms with van der Waals surface area (Å²) in [5.74, 6) is -0.348. The minimum absolute atomic E-state index is 0.0180. The summed E-state index contributed by atoms with van der Waals surface area (Å²) in [5, 5.41) is 6.30. The Balaban J connectivity index is 1.22. The van der Waals surface area contributed by atoms with Gasteiger partial charge in [-0.1, -0.05) is 66.7 Å². The van der Waals surface area contributed by atoms with E-state index in [0.717, 1.165) is 37.9 Å². The second-order valence-corrected chi connectivity index (χ2v) is 10.5. The molecule has 1 saturated heterocycles. The number of fused-ring (bicyclic) bond motifs is 1. The molecule has 0 radical (unpaired) electrons. The molecule has 0 saturated carbocycles. The number of hydrogen-bond acceptors (Lipinski definition) is 3. The maximum atomic E-state index is 13.4. The molecule has 5 nitrogen and oxygen atoms in total. The zero-order valence-electron chi connectivity index (χ0n) is 21.5. The van der Waals surface area contributed by atoms with Crippen molar-refractivity contribution < 1.29 is 9.59 Å². The Morgan fingerprint density at radius 1 is 0.757 bits per heavy atom. The molecule has 5 rings (SSSR count). The van der Waals surface area contributed by atoms with Gasteiger partial charge in [-0.15, -0.1) is 0 Å². The van der Waals surface area contributed by atoms with Gasteiger partial charge in [-0.2, -0.15) is 0 Å². The van der Waals surface area contributed by atoms with E-state index >= 15 is 0 Å². The van der Waals surface area contributed by atoms with Crippen LogP contribution in [0, 0.1) is 11.8 Å². The third-order valence-electron chi connectivity index (χ3n) is 7.75. The number of hydrogen-bond donors (Lipinski definition) is 2. The van der Waals surface area contributed by atoms with Gasteiger partial charge in [0, 0.05) is 31.9 Å². The van der Waals surface area contributed by atoms with Crippen LogP contribution in [0.2, 0.25) is 0 Å². The van der Waals surface area contributed by atoms with Crippen LogP contribution in [0.4, 0.5) is 5.69 Å². The molecule has 37 heavy (non-hydrogen) atoms. The zero-order valence-corrected chi connectivity index (χ0v) is 21.5. The van der Waals surface area contributed by atoms with Crippen molar-refractivity contribution in [1.29, 1.82) is 0 Å². The number of carbonyl (C=O) groups excluding carboxylic acids is 2. The third-order valence-corrected chi connectivity index (χ3v) is 7.75. The first-order chi connectivity index (χ1) is 18.1. The van der Waals surface area contributed by atoms with Gasteiger partial charge >= 0.3 is 0 Å². The molecule has 5 heteroatoms. The Kier molecular flexibility index (Phi) is 8.32. The van der Waals surface area contributed by atoms with E-state index in [1.807, 2.05) is 30.3 Å². The summed E-state index contributed by atoms with van der Waals surface area (Å²) in [7, 11) is 0. The number of amides is 2. The molecule has 2 atom stereocenters. The molecule has 0 unspecified atom stereocenters. The lowest BCUT2D eigenvalue weighted by Crippen LogP contribution is -2.49. The van der Waals surface area contributed by atoms with Crippen LogP contribution in [-0.2, 0) is 35.3 Å². The summed E-state index contributed by atoms with van der Waals surface area (Å²) in [6.45, 7) is 2.81. The predicted octanol–water partition coefficient (Wildman–Crippen LogP) is 4.65. The molecule has 0 bridgehead atoms. The van der Waals surface area contributed by atoms with Crippen molar-refractivity contribution in [3.63, 3.8) is 0 Å². The van der Waals surface area contributed by atoms with Gasteiger partial charge in [0.2, 0.25) is 11.8 Å². The predicted molar refractivity (Wildman–Crippen MR) is 148 cm³/mol. The smallest absolute Gasteiger partial charge is 0.228 e. The monoisotopic (exact) mass is 495 g/mol. The van der Waals surface area contributed by atoms with Crippen molar-refractivity contribution in [1.82, 2.24) is 10.2 Å². The molecule has 0 spiro atoms. The van der Waals surface area contributed by atoms with Crippen LogP contribution < -0.4 is 10.6 Å². The van der Waals surface area contributed by atoms with Crippen molar-refractivity contribution in [3.05, 3.63) is 101 Å². The fraction of sp³-hybridized carbons (Fsp3) is 0.375. The molecule has 1 heterocycles. The van der Waals surface area contributed by atoms with Gasteiger partial charge in [0.1, 0.15) is 0 Å². The highest BCUT2D eigenvalue weighted by Crippen LogP contribution is 2.27. The Labute approximate surface area is 220 Å². The van der Waals surface area contributed by atoms with E-state index < -0.39 is 0 Å². The fourth-order valence-electron chi connectivity index (χ4n) is 5.70. The van der Waals surface area contributed by atoms with Gasteiger partial charge in [0.25, 0.3) is 0 Å². The minimum atomic E-state index is -0.220. The maximum absolute atomic E-state index is 13.4. The number of rotatable bonds is 9. The molecule has 0 aromatic heterocycles. The quantitative estimate of drug-likeness (QED) is 0.454. The number of anilines is 1. The Hall–Kier alpha value is -3.44. The summed E-state index contributed by atoms with van der Waals surface area (Å²) in [4.78, 5) is 28.9. The molecule has 2 aliphatic rings. The maximum Gasteiger partial charge on any atom is 0.228 e. The van der Waals surface area contributed by atoms with Gasteiger partial charge in [0.05, 0.1) is 11.8 Å². The SMILES string of the molecule is O=C(NCCc1ccccc1)[C@H]1C[C@@H](C(=O)Nc2ccc3c(c2)CCC3)CN(CCc2ccccc2)C1. The van der Waals surface area contributed by atoms with Crippen LogP contribution in [0.3, 0.4) is 0 Å². The molecule has 3 aromatic rings. The first kappa shape index (κ1) is 25.2. The van der Waals surface area contributed by atoms with Gasteiger partial charge in [-0.05, 0) is 72.9 Å². The van der Waals surface area contributed by atoms with Crippen molar-refractivity contribution in [2.24, 2.45) is 11.8 Å². The van der Waals surface area contributed by atoms with Crippen LogP contribution >= 0.6 is 0 Å². The topological polar surface area (TPSA) is 61.4 Å². The number of benzene rings is 3. The van der Waals surface area contributed by atoms with E-state index in [9.17, 15) is 9.59 Å². The first-order valence-electron chi connectivity index (χ1n) is 13.6. The molecule has 1 fully saturated rings. The average molecular weight is 496 g/mol. The highest BCUT2D eigenvalue weighted by Gasteiger charge is 2.35. The molecule has 3 aromatic carbocycles. The van der Waals surface area contributed by atoms with Crippen molar-refractivity contribution in [3.8, 4) is 0 Å². The highest BCUT2D eigenvalue weighted by molar-refractivity contribution is 5.93. The van der Waals surface area contributed by atoms with Crippen molar-refractivity contribution in [2.75, 3.05) is 31.5 Å². The molecule has 2 amide bonds. The highest BCUT2D eigenvalue weighted by atomic mass is 16.2. The number of likely N-dealkylation sites (tertiary alicyclic amines) is 1. The number of carbonyl (C=O) groups is 2. The van der Waals surface area contributed by atoms with Gasteiger partial charge in [-0.3, -0.25) is 9.59 Å². The van der Waals surface area contributed by atoms with E-state index in [1.165, 1.54) is 28.7 Å². The number of nitrogens with zero attached hydrogens (tertiary/aromatic N) is 1. The standard InChI is InChI=1S/C32H37N3O2/c36-31(33-18-16-24-8-3-1-4-9-24)28-20-29(23-35(22-28)19-17-25-10-5-2-6-11-25)32(37)34-30-15-14-26-12-7-13-27(26)21-30/h1-6,8-11,14-15,21,28-29H,7,12-13,16-20,22-23H2,(H,33,36)(H,34,37)/t28-,29+/m0/s1. The van der Waals surface area contributed by atoms with E-state index in [4.69, 9.17) is 0 Å². The normalized spacial score (nSPS) is 19.2. The van der Waals surface area contributed by atoms with Crippen LogP contribution in [0.5, 0.6) is 0 Å². The van der Waals surface area contributed by atoms with Gasteiger partial charge < -0.3 is 15.5 Å². The Bertz CT molecular complexity index is 1200. The third kappa shape index (κ3) is 6.86. The van der Waals surface area contributed by atoms with Crippen molar-refractivity contribution in [2.45, 2.75) is 38.5 Å². The fourth-order valence-corrected chi connectivity index (χ4v) is 5.70. The van der Waals surface area contributed by atoms with Gasteiger partial charge in [-0.25, -0.2) is 0 Å². The molecule has 1 aliphatic carbocycles. The molecule has 2 N–H and O–H groups in total. The minimum Gasteiger partial charge on any atom is -0.355 e. The Morgan fingerprint density at radius 2 is 1.41 bits per heavy atom. The summed E-state index contributed by atoms with van der Waals surface area (Å²) >= 11 is 0. The van der Waals surface area contributed by atoms with E-state index in [-0.39, 0.29) is 23.7 Å². The number of aryl methyl sites for hydroxylation is 2. The van der Waals surface area contributed by atoms with Crippen LogP contribution in [0.1, 0.15) is 35.1 Å². The number of piperidine rings is 1. The lowest BCUT2D eigenvalue weighted by Gasteiger charge is -2.36.